The zero-order chi connectivity index (χ0) is 20.9. The molecule has 0 bridgehead atoms. The molecule has 5 heteroatoms. The van der Waals surface area contributed by atoms with Crippen molar-refractivity contribution in [3.8, 4) is 0 Å². The molecule has 0 aromatic rings. The van der Waals surface area contributed by atoms with Gasteiger partial charge in [0.05, 0.1) is 6.61 Å². The van der Waals surface area contributed by atoms with Gasteiger partial charge in [0.25, 0.3) is 0 Å². The van der Waals surface area contributed by atoms with Gasteiger partial charge in [0.2, 0.25) is 0 Å². The van der Waals surface area contributed by atoms with E-state index >= 15 is 0 Å². The number of carbonyl (C=O) groups excluding carboxylic acids is 2. The molecule has 0 rings (SSSR count). The zero-order valence-electron chi connectivity index (χ0n) is 18.6. The van der Waals surface area contributed by atoms with E-state index in [4.69, 9.17) is 14.2 Å². The van der Waals surface area contributed by atoms with Crippen molar-refractivity contribution in [3.63, 3.8) is 0 Å². The Morgan fingerprint density at radius 2 is 1.29 bits per heavy atom. The Hall–Kier alpha value is -1.10. The van der Waals surface area contributed by atoms with Gasteiger partial charge < -0.3 is 14.2 Å². The fourth-order valence-electron chi connectivity index (χ4n) is 3.31. The fourth-order valence-corrected chi connectivity index (χ4v) is 3.31. The molecule has 0 aliphatic heterocycles. The van der Waals surface area contributed by atoms with Crippen LogP contribution in [0.1, 0.15) is 110 Å². The highest BCUT2D eigenvalue weighted by atomic mass is 16.6. The Labute approximate surface area is 172 Å². The summed E-state index contributed by atoms with van der Waals surface area (Å²) in [7, 11) is 1.60. The third-order valence-electron chi connectivity index (χ3n) is 4.92. The van der Waals surface area contributed by atoms with E-state index in [1.807, 2.05) is 0 Å². The largest absolute Gasteiger partial charge is 0.463 e. The van der Waals surface area contributed by atoms with Crippen molar-refractivity contribution in [2.45, 2.75) is 116 Å². The lowest BCUT2D eigenvalue weighted by atomic mass is 10.0. The van der Waals surface area contributed by atoms with Crippen molar-refractivity contribution in [1.82, 2.24) is 0 Å². The molecule has 28 heavy (non-hydrogen) atoms. The number of carbonyl (C=O) groups is 2. The summed E-state index contributed by atoms with van der Waals surface area (Å²) in [6.45, 7) is 4.54. The highest BCUT2D eigenvalue weighted by Gasteiger charge is 2.11. The number of methoxy groups -OCH3 is 1. The molecule has 0 saturated carbocycles. The molecule has 1 atom stereocenters. The summed E-state index contributed by atoms with van der Waals surface area (Å²) in [6.07, 6.45) is 16.7. The smallest absolute Gasteiger partial charge is 0.305 e. The Morgan fingerprint density at radius 3 is 1.82 bits per heavy atom. The van der Waals surface area contributed by atoms with Crippen LogP contribution < -0.4 is 0 Å². The van der Waals surface area contributed by atoms with Gasteiger partial charge in [-0.05, 0) is 32.1 Å². The number of unbranched alkanes of at least 4 members (excludes halogenated alkanes) is 10. The maximum absolute atomic E-state index is 11.4. The average Bonchev–Trinajstić information content (AvgIpc) is 2.66. The maximum Gasteiger partial charge on any atom is 0.305 e. The second-order valence-corrected chi connectivity index (χ2v) is 7.66. The Balaban J connectivity index is 3.51. The van der Waals surface area contributed by atoms with Crippen molar-refractivity contribution < 1.29 is 23.8 Å². The van der Waals surface area contributed by atoms with Crippen LogP contribution in [-0.2, 0) is 23.8 Å². The molecular weight excluding hydrogens is 356 g/mol. The van der Waals surface area contributed by atoms with E-state index in [0.717, 1.165) is 38.5 Å². The van der Waals surface area contributed by atoms with Crippen molar-refractivity contribution >= 4 is 11.9 Å². The summed E-state index contributed by atoms with van der Waals surface area (Å²) in [6, 6.07) is 0. The van der Waals surface area contributed by atoms with E-state index in [1.54, 1.807) is 7.11 Å². The minimum absolute atomic E-state index is 0.109. The predicted octanol–water partition coefficient (Wildman–Crippen LogP) is 5.98. The molecule has 0 N–H and O–H groups in total. The van der Waals surface area contributed by atoms with E-state index in [9.17, 15) is 9.59 Å². The third kappa shape index (κ3) is 19.7. The molecule has 0 radical (unpaired) electrons. The van der Waals surface area contributed by atoms with Crippen molar-refractivity contribution in [1.29, 1.82) is 0 Å². The molecule has 1 unspecified atom stereocenters. The van der Waals surface area contributed by atoms with E-state index < -0.39 is 0 Å². The Morgan fingerprint density at radius 1 is 0.750 bits per heavy atom. The fraction of sp³-hybridized carbons (Fsp3) is 0.913. The molecule has 0 aromatic heterocycles. The van der Waals surface area contributed by atoms with E-state index in [0.29, 0.717) is 19.6 Å². The van der Waals surface area contributed by atoms with Crippen LogP contribution in [-0.4, -0.2) is 38.4 Å². The first-order valence-electron chi connectivity index (χ1n) is 11.4. The van der Waals surface area contributed by atoms with Gasteiger partial charge in [0, 0.05) is 20.5 Å². The van der Waals surface area contributed by atoms with Crippen molar-refractivity contribution in [3.05, 3.63) is 0 Å². The van der Waals surface area contributed by atoms with Crippen molar-refractivity contribution in [2.24, 2.45) is 0 Å². The van der Waals surface area contributed by atoms with E-state index in [1.165, 1.54) is 58.3 Å². The quantitative estimate of drug-likeness (QED) is 0.186. The monoisotopic (exact) mass is 400 g/mol. The highest BCUT2D eigenvalue weighted by molar-refractivity contribution is 5.69. The average molecular weight is 401 g/mol. The topological polar surface area (TPSA) is 61.8 Å². The van der Waals surface area contributed by atoms with Gasteiger partial charge in [0.15, 0.2) is 0 Å². The Bertz CT molecular complexity index is 370. The molecule has 0 aromatic carbocycles. The number of hydrogen-bond donors (Lipinski definition) is 0. The van der Waals surface area contributed by atoms with Gasteiger partial charge in [-0.3, -0.25) is 9.59 Å². The van der Waals surface area contributed by atoms with Crippen LogP contribution in [0.5, 0.6) is 0 Å². The lowest BCUT2D eigenvalue weighted by Gasteiger charge is -2.17. The third-order valence-corrected chi connectivity index (χ3v) is 4.92. The number of hydrogen-bond acceptors (Lipinski definition) is 5. The minimum atomic E-state index is -0.150. The molecule has 0 saturated heterocycles. The van der Waals surface area contributed by atoms with Gasteiger partial charge in [-0.1, -0.05) is 64.7 Å². The van der Waals surface area contributed by atoms with Crippen molar-refractivity contribution in [2.75, 3.05) is 20.3 Å². The lowest BCUT2D eigenvalue weighted by Crippen LogP contribution is -2.16. The summed E-state index contributed by atoms with van der Waals surface area (Å²) >= 11 is 0. The van der Waals surface area contributed by atoms with Crippen LogP contribution in [0, 0.1) is 0 Å². The van der Waals surface area contributed by atoms with Crippen LogP contribution in [0.15, 0.2) is 0 Å². The first-order chi connectivity index (χ1) is 13.6. The van der Waals surface area contributed by atoms with Crippen LogP contribution in [0.3, 0.4) is 0 Å². The molecule has 0 aliphatic rings. The highest BCUT2D eigenvalue weighted by Crippen LogP contribution is 2.17. The summed E-state index contributed by atoms with van der Waals surface area (Å²) in [5, 5.41) is 0. The van der Waals surface area contributed by atoms with Crippen LogP contribution >= 0.6 is 0 Å². The predicted molar refractivity (Wildman–Crippen MR) is 113 cm³/mol. The first kappa shape index (κ1) is 26.9. The number of ether oxygens (including phenoxy) is 3. The summed E-state index contributed by atoms with van der Waals surface area (Å²) in [5.41, 5.74) is 0. The molecule has 166 valence electrons. The van der Waals surface area contributed by atoms with Gasteiger partial charge in [-0.15, -0.1) is 0 Å². The second-order valence-electron chi connectivity index (χ2n) is 7.66. The van der Waals surface area contributed by atoms with Crippen LogP contribution in [0.25, 0.3) is 0 Å². The second kappa shape index (κ2) is 20.6. The van der Waals surface area contributed by atoms with Gasteiger partial charge >= 0.3 is 11.9 Å². The Kier molecular flexibility index (Phi) is 19.8. The molecule has 0 fully saturated rings. The molecule has 0 aliphatic carbocycles. The number of esters is 2. The lowest BCUT2D eigenvalue weighted by molar-refractivity contribution is -0.147. The number of rotatable bonds is 20. The van der Waals surface area contributed by atoms with Gasteiger partial charge in [-0.25, -0.2) is 0 Å². The molecule has 5 nitrogen and oxygen atoms in total. The normalized spacial score (nSPS) is 12.0. The molecule has 0 heterocycles. The van der Waals surface area contributed by atoms with E-state index in [-0.39, 0.29) is 18.0 Å². The summed E-state index contributed by atoms with van der Waals surface area (Å²) < 4.78 is 15.4. The SMILES string of the molecule is CCCCCCC(CCCCCCCCCCC(=O)OCCOC)OC(C)=O. The summed E-state index contributed by atoms with van der Waals surface area (Å²) in [5.74, 6) is -0.267. The standard InChI is InChI=1S/C23H44O5/c1-4-5-6-13-16-22(28-21(2)24)17-14-11-9-7-8-10-12-15-18-23(25)27-20-19-26-3/h22H,4-20H2,1-3H3. The van der Waals surface area contributed by atoms with Gasteiger partial charge in [0.1, 0.15) is 12.7 Å². The van der Waals surface area contributed by atoms with Crippen LogP contribution in [0.2, 0.25) is 0 Å². The summed E-state index contributed by atoms with van der Waals surface area (Å²) in [4.78, 5) is 22.7. The van der Waals surface area contributed by atoms with Gasteiger partial charge in [-0.2, -0.15) is 0 Å². The molecule has 0 amide bonds. The van der Waals surface area contributed by atoms with Crippen LogP contribution in [0.4, 0.5) is 0 Å². The minimum Gasteiger partial charge on any atom is -0.463 e. The molecular formula is C23H44O5. The zero-order valence-corrected chi connectivity index (χ0v) is 18.6. The van der Waals surface area contributed by atoms with E-state index in [2.05, 4.69) is 6.92 Å². The first-order valence-corrected chi connectivity index (χ1v) is 11.4. The maximum atomic E-state index is 11.4. The molecule has 0 spiro atoms.